The molecule has 0 radical (unpaired) electrons. The maximum absolute atomic E-state index is 13.2. The van der Waals surface area contributed by atoms with Crippen LogP contribution in [0.1, 0.15) is 17.8 Å². The molecule has 1 heterocycles. The van der Waals surface area contributed by atoms with Crippen molar-refractivity contribution in [2.75, 3.05) is 13.6 Å². The summed E-state index contributed by atoms with van der Waals surface area (Å²) in [5, 5.41) is 25.4. The Morgan fingerprint density at radius 1 is 1.48 bits per heavy atom. The zero-order chi connectivity index (χ0) is 19.6. The van der Waals surface area contributed by atoms with E-state index in [0.29, 0.717) is 30.8 Å². The second-order valence-corrected chi connectivity index (χ2v) is 6.76. The van der Waals surface area contributed by atoms with Crippen LogP contribution >= 0.6 is 11.6 Å². The van der Waals surface area contributed by atoms with E-state index in [9.17, 15) is 9.60 Å². The first-order valence-electron chi connectivity index (χ1n) is 7.59. The van der Waals surface area contributed by atoms with Gasteiger partial charge in [-0.3, -0.25) is 10.7 Å². The number of rotatable bonds is 8. The van der Waals surface area contributed by atoms with Gasteiger partial charge >= 0.3 is 0 Å². The predicted octanol–water partition coefficient (Wildman–Crippen LogP) is 1.77. The van der Waals surface area contributed by atoms with Crippen molar-refractivity contribution in [3.63, 3.8) is 0 Å². The minimum absolute atomic E-state index is 0.0173. The second kappa shape index (κ2) is 10.7. The minimum Gasteiger partial charge on any atom is -0.290 e. The Labute approximate surface area is 161 Å². The molecule has 2 rings (SSSR count). The molecular weight excluding hydrogens is 399 g/mol. The van der Waals surface area contributed by atoms with Crippen LogP contribution in [-0.4, -0.2) is 34.9 Å². The molecule has 0 amide bonds. The Morgan fingerprint density at radius 3 is 2.96 bits per heavy atom. The van der Waals surface area contributed by atoms with Gasteiger partial charge in [-0.15, -0.1) is 4.36 Å². The van der Waals surface area contributed by atoms with Crippen molar-refractivity contribution in [3.05, 3.63) is 40.4 Å². The standard InChI is InChI=1S/C14H16ClFN8O2S/c1-18-27(20-8-17)19-6-2-3-12-13(24-26-23-12)14(22-25)21-9-4-5-11(16)10(15)7-9/h4-5,7,25H,2-3,6H2,1H3,(H,21,22)(H2,18,19,20). The smallest absolute Gasteiger partial charge is 0.214 e. The first kappa shape index (κ1) is 20.9. The molecule has 0 bridgehead atoms. The summed E-state index contributed by atoms with van der Waals surface area (Å²) in [6, 6.07) is 3.87. The highest BCUT2D eigenvalue weighted by Gasteiger charge is 2.16. The molecule has 144 valence electrons. The second-order valence-electron chi connectivity index (χ2n) is 4.91. The van der Waals surface area contributed by atoms with E-state index in [2.05, 4.69) is 29.1 Å². The molecule has 0 aliphatic heterocycles. The van der Waals surface area contributed by atoms with E-state index < -0.39 is 16.9 Å². The van der Waals surface area contributed by atoms with Crippen molar-refractivity contribution in [3.8, 4) is 6.19 Å². The highest BCUT2D eigenvalue weighted by Crippen LogP contribution is 2.22. The molecule has 10 nitrogen and oxygen atoms in total. The van der Waals surface area contributed by atoms with E-state index in [4.69, 9.17) is 21.5 Å². The van der Waals surface area contributed by atoms with Crippen LogP contribution in [0.2, 0.25) is 5.02 Å². The van der Waals surface area contributed by atoms with Crippen molar-refractivity contribution < 1.29 is 14.2 Å². The number of aromatic nitrogens is 2. The number of amidine groups is 1. The lowest BCUT2D eigenvalue weighted by molar-refractivity contribution is 0.234. The normalized spacial score (nSPS) is 12.8. The fraction of sp³-hybridized carbons (Fsp3) is 0.286. The molecule has 2 aromatic rings. The van der Waals surface area contributed by atoms with Gasteiger partial charge in [0.2, 0.25) is 6.19 Å². The topological polar surface area (TPSA) is 144 Å². The largest absolute Gasteiger partial charge is 0.290 e. The Kier molecular flexibility index (Phi) is 8.24. The van der Waals surface area contributed by atoms with E-state index in [0.717, 1.165) is 6.07 Å². The number of nitrogens with one attached hydrogen (secondary N) is 3. The van der Waals surface area contributed by atoms with Crippen LogP contribution in [0, 0.1) is 17.3 Å². The lowest BCUT2D eigenvalue weighted by atomic mass is 10.2. The lowest BCUT2D eigenvalue weighted by Crippen LogP contribution is -2.28. The van der Waals surface area contributed by atoms with Crippen LogP contribution in [0.3, 0.4) is 0 Å². The Bertz CT molecular complexity index is 882. The molecule has 1 aromatic heterocycles. The van der Waals surface area contributed by atoms with Gasteiger partial charge in [0, 0.05) is 6.54 Å². The summed E-state index contributed by atoms with van der Waals surface area (Å²) in [6.07, 6.45) is 2.82. The SMILES string of the molecule is CNS(=NC#N)NCCCc1nonc1C(=Nc1ccc(F)c(Cl)c1)NO. The number of hydrogen-bond acceptors (Lipinski definition) is 7. The van der Waals surface area contributed by atoms with E-state index in [1.54, 1.807) is 13.2 Å². The van der Waals surface area contributed by atoms with Gasteiger partial charge in [0.1, 0.15) is 11.5 Å². The highest BCUT2D eigenvalue weighted by atomic mass is 35.5. The first-order chi connectivity index (χ1) is 13.1. The molecule has 1 unspecified atom stereocenters. The van der Waals surface area contributed by atoms with Gasteiger partial charge in [-0.2, -0.15) is 5.26 Å². The molecule has 1 atom stereocenters. The number of halogens is 2. The van der Waals surface area contributed by atoms with Crippen LogP contribution in [0.15, 0.2) is 32.2 Å². The summed E-state index contributed by atoms with van der Waals surface area (Å²) in [5.41, 5.74) is 2.93. The maximum Gasteiger partial charge on any atom is 0.214 e. The molecule has 0 saturated heterocycles. The molecular formula is C14H16ClFN8O2S. The molecule has 13 heteroatoms. The summed E-state index contributed by atoms with van der Waals surface area (Å²) in [4.78, 5) is 4.14. The van der Waals surface area contributed by atoms with Gasteiger partial charge in [-0.25, -0.2) is 23.5 Å². The zero-order valence-corrected chi connectivity index (χ0v) is 15.7. The van der Waals surface area contributed by atoms with Crippen LogP contribution in [-0.2, 0) is 17.5 Å². The third kappa shape index (κ3) is 6.05. The van der Waals surface area contributed by atoms with Crippen molar-refractivity contribution >= 4 is 34.2 Å². The molecule has 4 N–H and O–H groups in total. The molecule has 0 aliphatic rings. The Morgan fingerprint density at radius 2 is 2.30 bits per heavy atom. The van der Waals surface area contributed by atoms with Gasteiger partial charge < -0.3 is 0 Å². The summed E-state index contributed by atoms with van der Waals surface area (Å²) in [5.74, 6) is -0.592. The van der Waals surface area contributed by atoms with Crippen molar-refractivity contribution in [1.29, 1.82) is 5.26 Å². The summed E-state index contributed by atoms with van der Waals surface area (Å²) in [6.45, 7) is 0.550. The fourth-order valence-corrected chi connectivity index (χ4v) is 2.87. The molecule has 0 aliphatic carbocycles. The van der Waals surface area contributed by atoms with E-state index in [1.165, 1.54) is 12.1 Å². The van der Waals surface area contributed by atoms with Crippen LogP contribution in [0.4, 0.5) is 10.1 Å². The van der Waals surface area contributed by atoms with E-state index >= 15 is 0 Å². The van der Waals surface area contributed by atoms with Crippen molar-refractivity contribution in [1.82, 2.24) is 25.2 Å². The van der Waals surface area contributed by atoms with Gasteiger partial charge in [-0.1, -0.05) is 16.8 Å². The van der Waals surface area contributed by atoms with Crippen molar-refractivity contribution in [2.45, 2.75) is 12.8 Å². The average molecular weight is 415 g/mol. The quantitative estimate of drug-likeness (QED) is 0.168. The van der Waals surface area contributed by atoms with Crippen LogP contribution in [0.25, 0.3) is 0 Å². The van der Waals surface area contributed by atoms with Gasteiger partial charge in [0.05, 0.1) is 21.8 Å². The highest BCUT2D eigenvalue weighted by molar-refractivity contribution is 7.83. The lowest BCUT2D eigenvalue weighted by Gasteiger charge is -2.06. The third-order valence-electron chi connectivity index (χ3n) is 3.19. The summed E-state index contributed by atoms with van der Waals surface area (Å²) < 4.78 is 27.5. The van der Waals surface area contributed by atoms with Crippen molar-refractivity contribution in [2.24, 2.45) is 9.36 Å². The maximum atomic E-state index is 13.2. The number of nitrogens with zero attached hydrogens (tertiary/aromatic N) is 5. The Balaban J connectivity index is 2.07. The van der Waals surface area contributed by atoms with E-state index in [1.807, 2.05) is 5.48 Å². The number of hydroxylamine groups is 1. The number of hydrogen-bond donors (Lipinski definition) is 4. The average Bonchev–Trinajstić information content (AvgIpc) is 3.13. The fourth-order valence-electron chi connectivity index (χ4n) is 1.98. The first-order valence-corrected chi connectivity index (χ1v) is 9.15. The Hall–Kier alpha value is -2.43. The zero-order valence-electron chi connectivity index (χ0n) is 14.1. The molecule has 1 aromatic carbocycles. The van der Waals surface area contributed by atoms with Gasteiger partial charge in [0.25, 0.3) is 0 Å². The molecule has 0 fully saturated rings. The van der Waals surface area contributed by atoms with Crippen LogP contribution in [0.5, 0.6) is 0 Å². The van der Waals surface area contributed by atoms with E-state index in [-0.39, 0.29) is 16.6 Å². The van der Waals surface area contributed by atoms with Gasteiger partial charge in [-0.05, 0) is 43.2 Å². The number of aliphatic imine (C=N–C) groups is 1. The molecule has 0 spiro atoms. The van der Waals surface area contributed by atoms with Gasteiger partial charge in [0.15, 0.2) is 11.5 Å². The predicted molar refractivity (Wildman–Crippen MR) is 97.6 cm³/mol. The molecule has 27 heavy (non-hydrogen) atoms. The summed E-state index contributed by atoms with van der Waals surface area (Å²) >= 11 is 4.99. The number of aryl methyl sites for hydroxylation is 1. The summed E-state index contributed by atoms with van der Waals surface area (Å²) in [7, 11) is 1.69. The number of nitriles is 1. The third-order valence-corrected chi connectivity index (χ3v) is 4.60. The number of benzene rings is 1. The minimum atomic E-state index is -0.741. The van der Waals surface area contributed by atoms with Crippen LogP contribution < -0.4 is 14.9 Å². The monoisotopic (exact) mass is 414 g/mol. The molecule has 0 saturated carbocycles.